The standard InChI is InChI=1S/C15H15ClN2OS/c1-10-4-2-3-5-11(10)9-17-15(20)18-13-8-12(16)6-7-14(13)19/h2-8,19H,9H2,1H3,(H2,17,18,20). The summed E-state index contributed by atoms with van der Waals surface area (Å²) < 4.78 is 0. The van der Waals surface area contributed by atoms with Crippen LogP contribution in [0.2, 0.25) is 5.02 Å². The minimum absolute atomic E-state index is 0.106. The predicted molar refractivity (Wildman–Crippen MR) is 87.4 cm³/mol. The third-order valence-corrected chi connectivity index (χ3v) is 3.39. The van der Waals surface area contributed by atoms with Gasteiger partial charge in [-0.3, -0.25) is 0 Å². The van der Waals surface area contributed by atoms with Crippen LogP contribution in [0.5, 0.6) is 5.75 Å². The van der Waals surface area contributed by atoms with Crippen LogP contribution in [0.15, 0.2) is 42.5 Å². The lowest BCUT2D eigenvalue weighted by Crippen LogP contribution is -2.28. The molecule has 0 aliphatic rings. The van der Waals surface area contributed by atoms with E-state index in [1.165, 1.54) is 17.2 Å². The largest absolute Gasteiger partial charge is 0.506 e. The number of hydrogen-bond acceptors (Lipinski definition) is 2. The molecule has 3 N–H and O–H groups in total. The van der Waals surface area contributed by atoms with Gasteiger partial charge in [0, 0.05) is 11.6 Å². The zero-order valence-corrected chi connectivity index (χ0v) is 12.6. The lowest BCUT2D eigenvalue weighted by molar-refractivity contribution is 0.478. The zero-order chi connectivity index (χ0) is 14.5. The van der Waals surface area contributed by atoms with Gasteiger partial charge in [-0.1, -0.05) is 35.9 Å². The second-order valence-electron chi connectivity index (χ2n) is 4.40. The summed E-state index contributed by atoms with van der Waals surface area (Å²) in [6.07, 6.45) is 0. The van der Waals surface area contributed by atoms with Crippen LogP contribution in [-0.4, -0.2) is 10.2 Å². The van der Waals surface area contributed by atoms with E-state index < -0.39 is 0 Å². The van der Waals surface area contributed by atoms with Crippen LogP contribution < -0.4 is 10.6 Å². The first-order valence-corrected chi connectivity index (χ1v) is 6.93. The van der Waals surface area contributed by atoms with Crippen LogP contribution in [0.1, 0.15) is 11.1 Å². The maximum atomic E-state index is 9.70. The Kier molecular flexibility index (Phi) is 4.82. The fourth-order valence-corrected chi connectivity index (χ4v) is 2.11. The molecule has 0 aliphatic heterocycles. The molecule has 5 heteroatoms. The molecule has 0 bridgehead atoms. The number of nitrogens with one attached hydrogen (secondary N) is 2. The van der Waals surface area contributed by atoms with Crippen molar-refractivity contribution in [3.05, 3.63) is 58.6 Å². The van der Waals surface area contributed by atoms with Crippen molar-refractivity contribution < 1.29 is 5.11 Å². The van der Waals surface area contributed by atoms with Crippen LogP contribution >= 0.6 is 23.8 Å². The maximum Gasteiger partial charge on any atom is 0.171 e. The van der Waals surface area contributed by atoms with Gasteiger partial charge in [-0.15, -0.1) is 0 Å². The average molecular weight is 307 g/mol. The number of rotatable bonds is 3. The molecule has 0 spiro atoms. The Labute approximate surface area is 128 Å². The number of aromatic hydroxyl groups is 1. The number of aryl methyl sites for hydroxylation is 1. The Bertz CT molecular complexity index is 631. The van der Waals surface area contributed by atoms with Gasteiger partial charge in [-0.2, -0.15) is 0 Å². The number of phenols is 1. The zero-order valence-electron chi connectivity index (χ0n) is 11.0. The van der Waals surface area contributed by atoms with Gasteiger partial charge >= 0.3 is 0 Å². The van der Waals surface area contributed by atoms with E-state index in [-0.39, 0.29) is 5.75 Å². The van der Waals surface area contributed by atoms with E-state index in [1.807, 2.05) is 18.2 Å². The molecule has 0 aliphatic carbocycles. The van der Waals surface area contributed by atoms with E-state index in [0.717, 1.165) is 0 Å². The molecule has 2 aromatic carbocycles. The van der Waals surface area contributed by atoms with Crippen LogP contribution in [0, 0.1) is 6.92 Å². The summed E-state index contributed by atoms with van der Waals surface area (Å²) in [5.41, 5.74) is 2.86. The number of thiocarbonyl (C=S) groups is 1. The maximum absolute atomic E-state index is 9.70. The monoisotopic (exact) mass is 306 g/mol. The van der Waals surface area contributed by atoms with Crippen LogP contribution in [0.4, 0.5) is 5.69 Å². The Morgan fingerprint density at radius 2 is 2.00 bits per heavy atom. The second kappa shape index (κ2) is 6.59. The molecular weight excluding hydrogens is 292 g/mol. The van der Waals surface area contributed by atoms with Gasteiger partial charge < -0.3 is 15.7 Å². The molecule has 2 aromatic rings. The van der Waals surface area contributed by atoms with Crippen LogP contribution in [0.25, 0.3) is 0 Å². The van der Waals surface area contributed by atoms with Crippen molar-refractivity contribution >= 4 is 34.6 Å². The van der Waals surface area contributed by atoms with E-state index in [1.54, 1.807) is 12.1 Å². The summed E-state index contributed by atoms with van der Waals surface area (Å²) in [5, 5.41) is 16.7. The van der Waals surface area contributed by atoms with Crippen molar-refractivity contribution in [3.63, 3.8) is 0 Å². The Morgan fingerprint density at radius 1 is 1.25 bits per heavy atom. The first kappa shape index (κ1) is 14.6. The fourth-order valence-electron chi connectivity index (χ4n) is 1.76. The lowest BCUT2D eigenvalue weighted by Gasteiger charge is -2.13. The Morgan fingerprint density at radius 3 is 2.75 bits per heavy atom. The smallest absolute Gasteiger partial charge is 0.171 e. The van der Waals surface area contributed by atoms with Gasteiger partial charge in [0.25, 0.3) is 0 Å². The van der Waals surface area contributed by atoms with Crippen molar-refractivity contribution in [2.75, 3.05) is 5.32 Å². The highest BCUT2D eigenvalue weighted by atomic mass is 35.5. The van der Waals surface area contributed by atoms with Gasteiger partial charge in [-0.25, -0.2) is 0 Å². The van der Waals surface area contributed by atoms with E-state index >= 15 is 0 Å². The minimum Gasteiger partial charge on any atom is -0.506 e. The summed E-state index contributed by atoms with van der Waals surface area (Å²) in [5.74, 6) is 0.106. The molecule has 0 fully saturated rings. The van der Waals surface area contributed by atoms with Crippen molar-refractivity contribution in [1.29, 1.82) is 0 Å². The van der Waals surface area contributed by atoms with Gasteiger partial charge in [-0.05, 0) is 48.5 Å². The molecule has 0 unspecified atom stereocenters. The van der Waals surface area contributed by atoms with E-state index in [9.17, 15) is 5.11 Å². The van der Waals surface area contributed by atoms with Crippen LogP contribution in [0.3, 0.4) is 0 Å². The highest BCUT2D eigenvalue weighted by molar-refractivity contribution is 7.80. The number of anilines is 1. The van der Waals surface area contributed by atoms with Crippen molar-refractivity contribution in [2.24, 2.45) is 0 Å². The molecular formula is C15H15ClN2OS. The molecule has 0 amide bonds. The number of halogens is 1. The molecule has 0 radical (unpaired) electrons. The molecule has 104 valence electrons. The summed E-state index contributed by atoms with van der Waals surface area (Å²) in [6.45, 7) is 2.68. The second-order valence-corrected chi connectivity index (χ2v) is 5.24. The van der Waals surface area contributed by atoms with E-state index in [4.69, 9.17) is 23.8 Å². The molecule has 2 rings (SSSR count). The molecule has 0 saturated carbocycles. The van der Waals surface area contributed by atoms with E-state index in [2.05, 4.69) is 23.6 Å². The molecule has 3 nitrogen and oxygen atoms in total. The predicted octanol–water partition coefficient (Wildman–Crippen LogP) is 3.84. The van der Waals surface area contributed by atoms with Crippen molar-refractivity contribution in [1.82, 2.24) is 5.32 Å². The summed E-state index contributed by atoms with van der Waals surface area (Å²) in [6, 6.07) is 12.8. The summed E-state index contributed by atoms with van der Waals surface area (Å²) >= 11 is 11.1. The van der Waals surface area contributed by atoms with Gasteiger partial charge in [0.2, 0.25) is 0 Å². The van der Waals surface area contributed by atoms with Gasteiger partial charge in [0.15, 0.2) is 5.11 Å². The SMILES string of the molecule is Cc1ccccc1CNC(=S)Nc1cc(Cl)ccc1O. The fraction of sp³-hybridized carbons (Fsp3) is 0.133. The Hall–Kier alpha value is -1.78. The van der Waals surface area contributed by atoms with Gasteiger partial charge in [0.05, 0.1) is 5.69 Å². The van der Waals surface area contributed by atoms with Crippen molar-refractivity contribution in [2.45, 2.75) is 13.5 Å². The highest BCUT2D eigenvalue weighted by Crippen LogP contribution is 2.26. The molecule has 20 heavy (non-hydrogen) atoms. The van der Waals surface area contributed by atoms with Gasteiger partial charge in [0.1, 0.15) is 5.75 Å². The molecule has 0 saturated heterocycles. The van der Waals surface area contributed by atoms with E-state index in [0.29, 0.717) is 22.4 Å². The van der Waals surface area contributed by atoms with Crippen molar-refractivity contribution in [3.8, 4) is 5.75 Å². The number of benzene rings is 2. The minimum atomic E-state index is 0.106. The third-order valence-electron chi connectivity index (χ3n) is 2.91. The molecule has 0 heterocycles. The number of hydrogen-bond donors (Lipinski definition) is 3. The quantitative estimate of drug-likeness (QED) is 0.595. The normalized spacial score (nSPS) is 10.1. The third kappa shape index (κ3) is 3.85. The average Bonchev–Trinajstić information content (AvgIpc) is 2.42. The molecule has 0 atom stereocenters. The van der Waals surface area contributed by atoms with Crippen LogP contribution in [-0.2, 0) is 6.54 Å². The molecule has 0 aromatic heterocycles. The number of phenolic OH excluding ortho intramolecular Hbond substituents is 1. The lowest BCUT2D eigenvalue weighted by atomic mass is 10.1. The first-order valence-electron chi connectivity index (χ1n) is 6.14. The summed E-state index contributed by atoms with van der Waals surface area (Å²) in [7, 11) is 0. The topological polar surface area (TPSA) is 44.3 Å². The Balaban J connectivity index is 1.96. The highest BCUT2D eigenvalue weighted by Gasteiger charge is 2.04. The first-order chi connectivity index (χ1) is 9.56. The summed E-state index contributed by atoms with van der Waals surface area (Å²) in [4.78, 5) is 0.